The van der Waals surface area contributed by atoms with Crippen molar-refractivity contribution >= 4 is 33.1 Å². The lowest BCUT2D eigenvalue weighted by atomic mass is 10.0. The summed E-state index contributed by atoms with van der Waals surface area (Å²) in [5.74, 6) is -0.212. The highest BCUT2D eigenvalue weighted by Crippen LogP contribution is 2.37. The summed E-state index contributed by atoms with van der Waals surface area (Å²) in [4.78, 5) is 8.73. The van der Waals surface area contributed by atoms with Crippen molar-refractivity contribution in [2.45, 2.75) is 6.18 Å². The van der Waals surface area contributed by atoms with E-state index in [1.807, 2.05) is 24.3 Å². The molecule has 3 aromatic heterocycles. The molecule has 0 spiro atoms. The minimum atomic E-state index is -4.51. The van der Waals surface area contributed by atoms with Crippen molar-refractivity contribution in [2.24, 2.45) is 0 Å². The number of alkyl halides is 3. The van der Waals surface area contributed by atoms with Gasteiger partial charge in [-0.2, -0.15) is 18.3 Å². The van der Waals surface area contributed by atoms with E-state index in [1.54, 1.807) is 18.2 Å². The lowest BCUT2D eigenvalue weighted by Crippen LogP contribution is -2.06. The Bertz CT molecular complexity index is 1510. The van der Waals surface area contributed by atoms with Crippen molar-refractivity contribution in [1.82, 2.24) is 19.6 Å². The predicted octanol–water partition coefficient (Wildman–Crippen LogP) is 7.12. The minimum absolute atomic E-state index is 0.203. The first kappa shape index (κ1) is 22.0. The molecule has 0 radical (unpaired) electrons. The van der Waals surface area contributed by atoms with Gasteiger partial charge in [-0.3, -0.25) is 0 Å². The molecule has 0 fully saturated rings. The summed E-state index contributed by atoms with van der Waals surface area (Å²) in [7, 11) is 0. The largest absolute Gasteiger partial charge is 0.417 e. The molecule has 1 N–H and O–H groups in total. The van der Waals surface area contributed by atoms with E-state index in [9.17, 15) is 17.6 Å². The van der Waals surface area contributed by atoms with Crippen molar-refractivity contribution in [2.75, 3.05) is 5.32 Å². The molecule has 0 bridgehead atoms. The summed E-state index contributed by atoms with van der Waals surface area (Å²) in [5.41, 5.74) is 2.22. The van der Waals surface area contributed by atoms with Gasteiger partial charge >= 0.3 is 6.18 Å². The number of rotatable bonds is 4. The van der Waals surface area contributed by atoms with Crippen LogP contribution >= 0.6 is 15.9 Å². The summed E-state index contributed by atoms with van der Waals surface area (Å²) in [5, 5.41) is 7.41. The molecule has 5 rings (SSSR count). The number of aromatic nitrogens is 4. The van der Waals surface area contributed by atoms with Crippen LogP contribution in [0.25, 0.3) is 28.0 Å². The van der Waals surface area contributed by atoms with Crippen LogP contribution in [0, 0.1) is 5.82 Å². The standard InChI is InChI=1S/C24H14BrF4N5/c25-16-4-1-3-14(11-16)22-21(20-8-7-15(24(27,28)29)13-34(20)33-22)19-9-10-30-23(32-19)31-18-6-2-5-17(26)12-18/h1-13H,(H,30,31,32). The quantitative estimate of drug-likeness (QED) is 0.253. The van der Waals surface area contributed by atoms with Gasteiger partial charge < -0.3 is 5.32 Å². The van der Waals surface area contributed by atoms with Crippen LogP contribution in [0.4, 0.5) is 29.2 Å². The topological polar surface area (TPSA) is 55.1 Å². The molecule has 0 saturated heterocycles. The number of hydrogen-bond acceptors (Lipinski definition) is 4. The maximum absolute atomic E-state index is 13.6. The van der Waals surface area contributed by atoms with Gasteiger partial charge in [-0.15, -0.1) is 0 Å². The van der Waals surface area contributed by atoms with Gasteiger partial charge in [0.15, 0.2) is 0 Å². The number of pyridine rings is 1. The smallest absolute Gasteiger partial charge is 0.324 e. The maximum atomic E-state index is 13.6. The molecule has 0 aliphatic rings. The van der Waals surface area contributed by atoms with E-state index in [0.717, 1.165) is 16.7 Å². The van der Waals surface area contributed by atoms with E-state index >= 15 is 0 Å². The molecule has 10 heteroatoms. The van der Waals surface area contributed by atoms with E-state index in [4.69, 9.17) is 0 Å². The van der Waals surface area contributed by atoms with Gasteiger partial charge in [-0.05, 0) is 48.5 Å². The molecule has 0 saturated carbocycles. The van der Waals surface area contributed by atoms with Crippen LogP contribution in [0.15, 0.2) is 83.6 Å². The van der Waals surface area contributed by atoms with Crippen LogP contribution in [-0.4, -0.2) is 19.6 Å². The molecule has 0 amide bonds. The summed E-state index contributed by atoms with van der Waals surface area (Å²) >= 11 is 3.43. The monoisotopic (exact) mass is 527 g/mol. The number of halogens is 5. The number of fused-ring (bicyclic) bond motifs is 1. The third-order valence-corrected chi connectivity index (χ3v) is 5.54. The summed E-state index contributed by atoms with van der Waals surface area (Å²) in [6, 6.07) is 17.2. The Kier molecular flexibility index (Phi) is 5.52. The summed E-state index contributed by atoms with van der Waals surface area (Å²) in [6.07, 6.45) is -2.04. The van der Waals surface area contributed by atoms with E-state index in [0.29, 0.717) is 33.7 Å². The Hall–Kier alpha value is -3.79. The Morgan fingerprint density at radius 2 is 1.76 bits per heavy atom. The van der Waals surface area contributed by atoms with Crippen LogP contribution in [0.3, 0.4) is 0 Å². The van der Waals surface area contributed by atoms with Crippen LogP contribution in [0.1, 0.15) is 5.56 Å². The van der Waals surface area contributed by atoms with Crippen molar-refractivity contribution in [1.29, 1.82) is 0 Å². The number of nitrogens with zero attached hydrogens (tertiary/aromatic N) is 4. The molecule has 170 valence electrons. The normalized spacial score (nSPS) is 11.7. The van der Waals surface area contributed by atoms with Crippen LogP contribution in [0.5, 0.6) is 0 Å². The van der Waals surface area contributed by atoms with Gasteiger partial charge in [0.05, 0.1) is 22.3 Å². The van der Waals surface area contributed by atoms with Crippen LogP contribution < -0.4 is 5.32 Å². The predicted molar refractivity (Wildman–Crippen MR) is 124 cm³/mol. The number of anilines is 2. The van der Waals surface area contributed by atoms with E-state index in [1.165, 1.54) is 28.9 Å². The molecule has 5 nitrogen and oxygen atoms in total. The second kappa shape index (κ2) is 8.53. The molecular weight excluding hydrogens is 514 g/mol. The second-order valence-corrected chi connectivity index (χ2v) is 8.30. The Labute approximate surface area is 199 Å². The fourth-order valence-corrected chi connectivity index (χ4v) is 3.96. The Morgan fingerprint density at radius 1 is 0.941 bits per heavy atom. The Balaban J connectivity index is 1.68. The lowest BCUT2D eigenvalue weighted by molar-refractivity contribution is -0.137. The number of nitrogens with one attached hydrogen (secondary N) is 1. The van der Waals surface area contributed by atoms with E-state index in [-0.39, 0.29) is 5.95 Å². The third kappa shape index (κ3) is 4.36. The summed E-state index contributed by atoms with van der Waals surface area (Å²) in [6.45, 7) is 0. The molecule has 0 atom stereocenters. The SMILES string of the molecule is Fc1cccc(Nc2nccc(-c3c(-c4cccc(Br)c4)nn4cc(C(F)(F)F)ccc34)n2)c1. The molecule has 34 heavy (non-hydrogen) atoms. The maximum Gasteiger partial charge on any atom is 0.417 e. The molecule has 0 unspecified atom stereocenters. The first-order valence-electron chi connectivity index (χ1n) is 9.99. The van der Waals surface area contributed by atoms with E-state index in [2.05, 4.69) is 36.3 Å². The first-order valence-corrected chi connectivity index (χ1v) is 10.8. The van der Waals surface area contributed by atoms with Crippen molar-refractivity contribution in [3.63, 3.8) is 0 Å². The van der Waals surface area contributed by atoms with Crippen molar-refractivity contribution in [3.8, 4) is 22.5 Å². The minimum Gasteiger partial charge on any atom is -0.324 e. The fourth-order valence-electron chi connectivity index (χ4n) is 3.56. The van der Waals surface area contributed by atoms with Gasteiger partial charge in [-0.1, -0.05) is 34.1 Å². The third-order valence-electron chi connectivity index (χ3n) is 5.05. The highest BCUT2D eigenvalue weighted by Gasteiger charge is 2.31. The zero-order valence-electron chi connectivity index (χ0n) is 17.2. The first-order chi connectivity index (χ1) is 16.3. The van der Waals surface area contributed by atoms with Crippen LogP contribution in [-0.2, 0) is 6.18 Å². The zero-order chi connectivity index (χ0) is 23.9. The molecule has 5 aromatic rings. The molecule has 2 aromatic carbocycles. The highest BCUT2D eigenvalue weighted by molar-refractivity contribution is 9.10. The fraction of sp³-hybridized carbons (Fsp3) is 0.0417. The molecule has 0 aliphatic carbocycles. The van der Waals surface area contributed by atoms with Crippen molar-refractivity contribution in [3.05, 3.63) is 95.0 Å². The summed E-state index contributed by atoms with van der Waals surface area (Å²) < 4.78 is 55.5. The van der Waals surface area contributed by atoms with E-state index < -0.39 is 17.6 Å². The van der Waals surface area contributed by atoms with Crippen molar-refractivity contribution < 1.29 is 17.6 Å². The number of hydrogen-bond donors (Lipinski definition) is 1. The van der Waals surface area contributed by atoms with Gasteiger partial charge in [0.25, 0.3) is 0 Å². The highest BCUT2D eigenvalue weighted by atomic mass is 79.9. The van der Waals surface area contributed by atoms with Gasteiger partial charge in [0, 0.05) is 28.1 Å². The zero-order valence-corrected chi connectivity index (χ0v) is 18.8. The molecular formula is C24H14BrF4N5. The average Bonchev–Trinajstić information content (AvgIpc) is 3.18. The Morgan fingerprint density at radius 3 is 2.53 bits per heavy atom. The second-order valence-electron chi connectivity index (χ2n) is 7.38. The van der Waals surface area contributed by atoms with Crippen LogP contribution in [0.2, 0.25) is 0 Å². The van der Waals surface area contributed by atoms with Gasteiger partial charge in [-0.25, -0.2) is 18.9 Å². The van der Waals surface area contributed by atoms with Gasteiger partial charge in [0.1, 0.15) is 11.5 Å². The lowest BCUT2D eigenvalue weighted by Gasteiger charge is -2.08. The average molecular weight is 528 g/mol. The molecule has 3 heterocycles. The number of benzene rings is 2. The molecule has 0 aliphatic heterocycles. The van der Waals surface area contributed by atoms with Gasteiger partial charge in [0.2, 0.25) is 5.95 Å².